The van der Waals surface area contributed by atoms with Gasteiger partial charge in [-0.2, -0.15) is 13.2 Å². The molecule has 0 radical (unpaired) electrons. The van der Waals surface area contributed by atoms with Crippen molar-refractivity contribution in [2.45, 2.75) is 71.1 Å². The number of alkyl halides is 5. The first-order valence-corrected chi connectivity index (χ1v) is 7.42. The smallest absolute Gasteiger partial charge is 0.389 e. The van der Waals surface area contributed by atoms with E-state index in [1.807, 2.05) is 0 Å². The second-order valence-corrected chi connectivity index (χ2v) is 6.85. The summed E-state index contributed by atoms with van der Waals surface area (Å²) >= 11 is 0. The molecule has 0 aliphatic heterocycles. The fourth-order valence-corrected chi connectivity index (χ4v) is 2.09. The van der Waals surface area contributed by atoms with Gasteiger partial charge in [-0.05, 0) is 40.5 Å². The predicted octanol–water partition coefficient (Wildman–Crippen LogP) is 4.42. The Morgan fingerprint density at radius 3 is 1.71 bits per heavy atom. The molecule has 24 heavy (non-hydrogen) atoms. The zero-order valence-corrected chi connectivity index (χ0v) is 14.0. The van der Waals surface area contributed by atoms with Gasteiger partial charge < -0.3 is 9.84 Å². The van der Waals surface area contributed by atoms with Crippen molar-refractivity contribution >= 4 is 11.9 Å². The summed E-state index contributed by atoms with van der Waals surface area (Å²) in [5.41, 5.74) is -1.02. The van der Waals surface area contributed by atoms with Crippen LogP contribution in [0.3, 0.4) is 0 Å². The molecule has 0 fully saturated rings. The van der Waals surface area contributed by atoms with Gasteiger partial charge in [0.15, 0.2) is 0 Å². The number of hydrogen-bond acceptors (Lipinski definition) is 3. The Hall–Kier alpha value is -1.41. The monoisotopic (exact) mass is 362 g/mol. The van der Waals surface area contributed by atoms with Gasteiger partial charge >= 0.3 is 18.1 Å². The Morgan fingerprint density at radius 2 is 1.38 bits per heavy atom. The lowest BCUT2D eigenvalue weighted by Crippen LogP contribution is -2.37. The molecular formula is C15H23F5O4. The van der Waals surface area contributed by atoms with Gasteiger partial charge in [0.05, 0.1) is 11.8 Å². The van der Waals surface area contributed by atoms with Gasteiger partial charge in [-0.15, -0.1) is 0 Å². The molecule has 0 saturated heterocycles. The van der Waals surface area contributed by atoms with Crippen molar-refractivity contribution in [3.05, 3.63) is 0 Å². The second-order valence-electron chi connectivity index (χ2n) is 6.85. The van der Waals surface area contributed by atoms with Crippen LogP contribution in [0.5, 0.6) is 0 Å². The quantitative estimate of drug-likeness (QED) is 0.513. The molecule has 0 unspecified atom stereocenters. The van der Waals surface area contributed by atoms with Crippen molar-refractivity contribution < 1.29 is 41.4 Å². The second kappa shape index (κ2) is 8.11. The van der Waals surface area contributed by atoms with E-state index < -0.39 is 67.2 Å². The van der Waals surface area contributed by atoms with Crippen molar-refractivity contribution in [1.82, 2.24) is 0 Å². The molecule has 0 rings (SSSR count). The van der Waals surface area contributed by atoms with Gasteiger partial charge in [-0.3, -0.25) is 9.59 Å². The zero-order chi connectivity index (χ0) is 19.3. The van der Waals surface area contributed by atoms with Crippen molar-refractivity contribution in [2.75, 3.05) is 0 Å². The molecule has 0 bridgehead atoms. The Labute approximate surface area is 137 Å². The number of carbonyl (C=O) groups is 2. The number of ether oxygens (including phenoxy) is 1. The predicted molar refractivity (Wildman–Crippen MR) is 75.6 cm³/mol. The first-order chi connectivity index (χ1) is 10.5. The number of aliphatic carboxylic acids is 1. The third kappa shape index (κ3) is 10.4. The van der Waals surface area contributed by atoms with Crippen LogP contribution in [0, 0.1) is 11.8 Å². The van der Waals surface area contributed by atoms with E-state index in [9.17, 15) is 31.5 Å². The van der Waals surface area contributed by atoms with Crippen LogP contribution in [0.4, 0.5) is 22.0 Å². The molecule has 0 saturated carbocycles. The molecule has 0 aliphatic carbocycles. The molecule has 0 amide bonds. The Bertz CT molecular complexity index is 435. The van der Waals surface area contributed by atoms with E-state index in [1.165, 1.54) is 20.8 Å². The van der Waals surface area contributed by atoms with Gasteiger partial charge in [0.2, 0.25) is 5.92 Å². The maximum absolute atomic E-state index is 13.0. The van der Waals surface area contributed by atoms with E-state index in [4.69, 9.17) is 9.84 Å². The van der Waals surface area contributed by atoms with Gasteiger partial charge in [0.25, 0.3) is 0 Å². The average Bonchev–Trinajstić information content (AvgIpc) is 2.27. The van der Waals surface area contributed by atoms with Crippen LogP contribution in [0.25, 0.3) is 0 Å². The van der Waals surface area contributed by atoms with Crippen LogP contribution < -0.4 is 0 Å². The van der Waals surface area contributed by atoms with Crippen molar-refractivity contribution in [1.29, 1.82) is 0 Å². The molecule has 0 aromatic heterocycles. The summed E-state index contributed by atoms with van der Waals surface area (Å²) in [6, 6.07) is 0. The fourth-order valence-electron chi connectivity index (χ4n) is 2.09. The summed E-state index contributed by atoms with van der Waals surface area (Å²) in [5, 5.41) is 9.15. The highest BCUT2D eigenvalue weighted by atomic mass is 19.4. The fraction of sp³-hybridized carbons (Fsp3) is 0.867. The van der Waals surface area contributed by atoms with Gasteiger partial charge in [0.1, 0.15) is 5.60 Å². The lowest BCUT2D eigenvalue weighted by Gasteiger charge is -2.28. The van der Waals surface area contributed by atoms with E-state index >= 15 is 0 Å². The van der Waals surface area contributed by atoms with E-state index in [0.29, 0.717) is 6.92 Å². The number of halogens is 5. The molecule has 0 heterocycles. The molecule has 2 atom stereocenters. The molecule has 0 aromatic rings. The van der Waals surface area contributed by atoms with Crippen LogP contribution in [-0.4, -0.2) is 34.7 Å². The summed E-state index contributed by atoms with van der Waals surface area (Å²) < 4.78 is 68.2. The lowest BCUT2D eigenvalue weighted by atomic mass is 9.84. The van der Waals surface area contributed by atoms with Crippen LogP contribution in [0.15, 0.2) is 0 Å². The van der Waals surface area contributed by atoms with Crippen molar-refractivity contribution in [3.8, 4) is 0 Å². The minimum Gasteiger partial charge on any atom is -0.481 e. The molecule has 0 spiro atoms. The average molecular weight is 362 g/mol. The molecule has 1 N–H and O–H groups in total. The van der Waals surface area contributed by atoms with Crippen LogP contribution in [0.2, 0.25) is 0 Å². The first kappa shape index (κ1) is 22.6. The normalized spacial score (nSPS) is 15.7. The molecule has 4 nitrogen and oxygen atoms in total. The maximum atomic E-state index is 13.0. The minimum atomic E-state index is -4.61. The van der Waals surface area contributed by atoms with E-state index in [-0.39, 0.29) is 0 Å². The number of carboxylic acids is 1. The van der Waals surface area contributed by atoms with Crippen LogP contribution >= 0.6 is 0 Å². The third-order valence-electron chi connectivity index (χ3n) is 3.15. The number of carbonyl (C=O) groups excluding carboxylic acids is 1. The SMILES string of the molecule is CC(F)(F)CC[C@H](C(=O)OC(C)(C)C)[C@@H](CCC(F)(F)F)C(=O)O. The standard InChI is InChI=1S/C15H23F5O4/c1-13(2,3)24-12(23)10(5-7-14(4,16)17)9(11(21)22)6-8-15(18,19)20/h9-10H,5-8H2,1-4H3,(H,21,22)/t9-,10+/m1/s1. The number of hydrogen-bond donors (Lipinski definition) is 1. The highest BCUT2D eigenvalue weighted by Crippen LogP contribution is 2.33. The summed E-state index contributed by atoms with van der Waals surface area (Å²) in [6.07, 6.45) is -8.31. The first-order valence-electron chi connectivity index (χ1n) is 7.42. The molecule has 0 aliphatic rings. The number of rotatable bonds is 8. The molecule has 0 aromatic carbocycles. The van der Waals surface area contributed by atoms with Crippen molar-refractivity contribution in [2.24, 2.45) is 11.8 Å². The molecular weight excluding hydrogens is 339 g/mol. The Morgan fingerprint density at radius 1 is 0.917 bits per heavy atom. The molecule has 9 heteroatoms. The van der Waals surface area contributed by atoms with Gasteiger partial charge in [0, 0.05) is 12.8 Å². The van der Waals surface area contributed by atoms with E-state index in [0.717, 1.165) is 0 Å². The summed E-state index contributed by atoms with van der Waals surface area (Å²) in [4.78, 5) is 23.4. The van der Waals surface area contributed by atoms with Gasteiger partial charge in [-0.25, -0.2) is 8.78 Å². The highest BCUT2D eigenvalue weighted by molar-refractivity contribution is 5.81. The Kier molecular flexibility index (Phi) is 7.64. The molecule has 142 valence electrons. The summed E-state index contributed by atoms with van der Waals surface area (Å²) in [6.45, 7) is 5.05. The number of carboxylic acid groups (broad SMARTS) is 1. The van der Waals surface area contributed by atoms with Crippen LogP contribution in [0.1, 0.15) is 53.4 Å². The largest absolute Gasteiger partial charge is 0.481 e. The van der Waals surface area contributed by atoms with Crippen LogP contribution in [-0.2, 0) is 14.3 Å². The topological polar surface area (TPSA) is 63.6 Å². The summed E-state index contributed by atoms with van der Waals surface area (Å²) in [7, 11) is 0. The highest BCUT2D eigenvalue weighted by Gasteiger charge is 2.40. The van der Waals surface area contributed by atoms with E-state index in [1.54, 1.807) is 0 Å². The Balaban J connectivity index is 5.34. The minimum absolute atomic E-state index is 0.576. The van der Waals surface area contributed by atoms with Crippen molar-refractivity contribution in [3.63, 3.8) is 0 Å². The lowest BCUT2D eigenvalue weighted by molar-refractivity contribution is -0.171. The number of esters is 1. The van der Waals surface area contributed by atoms with Gasteiger partial charge in [-0.1, -0.05) is 0 Å². The summed E-state index contributed by atoms with van der Waals surface area (Å²) in [5.74, 6) is -9.22. The maximum Gasteiger partial charge on any atom is 0.389 e. The third-order valence-corrected chi connectivity index (χ3v) is 3.15. The zero-order valence-electron chi connectivity index (χ0n) is 14.0. The van der Waals surface area contributed by atoms with E-state index in [2.05, 4.69) is 0 Å².